The first kappa shape index (κ1) is 28.3. The van der Waals surface area contributed by atoms with Gasteiger partial charge < -0.3 is 4.90 Å². The summed E-state index contributed by atoms with van der Waals surface area (Å²) in [5, 5.41) is 7.75. The van der Waals surface area contributed by atoms with E-state index in [4.69, 9.17) is 0 Å². The minimum Gasteiger partial charge on any atom is -0.310 e. The van der Waals surface area contributed by atoms with Crippen LogP contribution in [0.25, 0.3) is 64.0 Å². The summed E-state index contributed by atoms with van der Waals surface area (Å²) in [6.07, 6.45) is 0. The summed E-state index contributed by atoms with van der Waals surface area (Å²) < 4.78 is 2.67. The van der Waals surface area contributed by atoms with Crippen LogP contribution in [0.15, 0.2) is 164 Å². The first-order valence-corrected chi connectivity index (χ1v) is 17.8. The lowest BCUT2D eigenvalue weighted by atomic mass is 9.82. The molecule has 232 valence electrons. The fraction of sp³-hybridized carbons (Fsp3) is 0.0638. The van der Waals surface area contributed by atoms with E-state index in [1.807, 2.05) is 11.3 Å². The van der Waals surface area contributed by atoms with E-state index in [0.717, 1.165) is 17.1 Å². The zero-order valence-corrected chi connectivity index (χ0v) is 28.3. The molecule has 8 aromatic carbocycles. The van der Waals surface area contributed by atoms with Gasteiger partial charge >= 0.3 is 0 Å². The summed E-state index contributed by atoms with van der Waals surface area (Å²) in [6, 6.07) is 60.7. The molecule has 0 unspecified atom stereocenters. The SMILES string of the molecule is CC1(C)c2ccccc2-c2cc(N(c3ccc(-c4ccc5ccccc5c4)cc3)c3ccc4sc5c6ccccc6ccc5c4c3)ccc21. The number of fused-ring (bicyclic) bond motifs is 9. The molecule has 0 atom stereocenters. The molecule has 1 aromatic heterocycles. The Morgan fingerprint density at radius 3 is 1.96 bits per heavy atom. The molecule has 0 fully saturated rings. The number of rotatable bonds is 4. The predicted octanol–water partition coefficient (Wildman–Crippen LogP) is 13.8. The molecule has 0 saturated heterocycles. The number of hydrogen-bond acceptors (Lipinski definition) is 2. The van der Waals surface area contributed by atoms with Gasteiger partial charge in [0.25, 0.3) is 0 Å². The molecular formula is C47H33NS. The molecule has 0 aliphatic heterocycles. The van der Waals surface area contributed by atoms with Crippen molar-refractivity contribution in [1.29, 1.82) is 0 Å². The number of nitrogens with zero attached hydrogens (tertiary/aromatic N) is 1. The lowest BCUT2D eigenvalue weighted by Crippen LogP contribution is -2.15. The van der Waals surface area contributed by atoms with Crippen molar-refractivity contribution in [3.8, 4) is 22.3 Å². The van der Waals surface area contributed by atoms with E-state index < -0.39 is 0 Å². The molecule has 0 N–H and O–H groups in total. The highest BCUT2D eigenvalue weighted by molar-refractivity contribution is 7.26. The summed E-state index contributed by atoms with van der Waals surface area (Å²) >= 11 is 1.89. The smallest absolute Gasteiger partial charge is 0.0468 e. The normalized spacial score (nSPS) is 13.3. The van der Waals surface area contributed by atoms with Crippen LogP contribution in [0.5, 0.6) is 0 Å². The molecule has 1 aliphatic rings. The Morgan fingerprint density at radius 2 is 1.08 bits per heavy atom. The largest absolute Gasteiger partial charge is 0.310 e. The first-order valence-electron chi connectivity index (χ1n) is 17.0. The Hall–Kier alpha value is -5.70. The highest BCUT2D eigenvalue weighted by Gasteiger charge is 2.35. The summed E-state index contributed by atoms with van der Waals surface area (Å²) in [5.41, 5.74) is 11.3. The van der Waals surface area contributed by atoms with Crippen molar-refractivity contribution in [3.05, 3.63) is 175 Å². The van der Waals surface area contributed by atoms with Crippen LogP contribution in [0.1, 0.15) is 25.0 Å². The van der Waals surface area contributed by atoms with Crippen molar-refractivity contribution in [3.63, 3.8) is 0 Å². The summed E-state index contributed by atoms with van der Waals surface area (Å²) in [7, 11) is 0. The van der Waals surface area contributed by atoms with Crippen LogP contribution in [-0.4, -0.2) is 0 Å². The Bertz CT molecular complexity index is 2750. The van der Waals surface area contributed by atoms with Gasteiger partial charge in [-0.3, -0.25) is 0 Å². The summed E-state index contributed by atoms with van der Waals surface area (Å²) in [4.78, 5) is 2.43. The minimum atomic E-state index is -0.0337. The van der Waals surface area contributed by atoms with Gasteiger partial charge in [0.05, 0.1) is 0 Å². The van der Waals surface area contributed by atoms with E-state index in [-0.39, 0.29) is 5.41 Å². The third-order valence-electron chi connectivity index (χ3n) is 10.6. The summed E-state index contributed by atoms with van der Waals surface area (Å²) in [5.74, 6) is 0. The van der Waals surface area contributed by atoms with Crippen molar-refractivity contribution in [2.24, 2.45) is 0 Å². The lowest BCUT2D eigenvalue weighted by Gasteiger charge is -2.27. The van der Waals surface area contributed by atoms with Gasteiger partial charge in [0, 0.05) is 42.6 Å². The third kappa shape index (κ3) is 4.38. The molecule has 0 bridgehead atoms. The topological polar surface area (TPSA) is 3.24 Å². The van der Waals surface area contributed by atoms with Crippen LogP contribution in [-0.2, 0) is 5.41 Å². The number of benzene rings is 8. The van der Waals surface area contributed by atoms with E-state index in [0.29, 0.717) is 0 Å². The first-order chi connectivity index (χ1) is 24.0. The highest BCUT2D eigenvalue weighted by atomic mass is 32.1. The minimum absolute atomic E-state index is 0.0337. The van der Waals surface area contributed by atoms with Crippen molar-refractivity contribution in [1.82, 2.24) is 0 Å². The highest BCUT2D eigenvalue weighted by Crippen LogP contribution is 2.51. The number of anilines is 3. The Labute approximate surface area is 290 Å². The van der Waals surface area contributed by atoms with Gasteiger partial charge in [-0.05, 0) is 103 Å². The van der Waals surface area contributed by atoms with Gasteiger partial charge in [-0.15, -0.1) is 11.3 Å². The van der Waals surface area contributed by atoms with Crippen molar-refractivity contribution in [2.45, 2.75) is 19.3 Å². The molecule has 0 spiro atoms. The van der Waals surface area contributed by atoms with Crippen LogP contribution in [0.4, 0.5) is 17.1 Å². The number of thiophene rings is 1. The van der Waals surface area contributed by atoms with Gasteiger partial charge in [0.15, 0.2) is 0 Å². The van der Waals surface area contributed by atoms with Gasteiger partial charge in [0.2, 0.25) is 0 Å². The second kappa shape index (κ2) is 10.7. The van der Waals surface area contributed by atoms with Gasteiger partial charge in [-0.2, -0.15) is 0 Å². The molecule has 10 rings (SSSR count). The molecule has 2 heteroatoms. The fourth-order valence-corrected chi connectivity index (χ4v) is 9.32. The molecule has 1 aliphatic carbocycles. The molecule has 1 nitrogen and oxygen atoms in total. The monoisotopic (exact) mass is 643 g/mol. The lowest BCUT2D eigenvalue weighted by molar-refractivity contribution is 0.660. The van der Waals surface area contributed by atoms with E-state index in [9.17, 15) is 0 Å². The zero-order chi connectivity index (χ0) is 32.7. The van der Waals surface area contributed by atoms with Crippen LogP contribution in [0, 0.1) is 0 Å². The Kier molecular flexibility index (Phi) is 6.16. The molecular weight excluding hydrogens is 611 g/mol. The Balaban J connectivity index is 1.15. The number of hydrogen-bond donors (Lipinski definition) is 0. The van der Waals surface area contributed by atoms with Crippen molar-refractivity contribution < 1.29 is 0 Å². The average Bonchev–Trinajstić information content (AvgIpc) is 3.64. The molecule has 9 aromatic rings. The van der Waals surface area contributed by atoms with Crippen LogP contribution in [0.2, 0.25) is 0 Å². The van der Waals surface area contributed by atoms with Crippen LogP contribution < -0.4 is 4.90 Å². The van der Waals surface area contributed by atoms with Crippen molar-refractivity contribution in [2.75, 3.05) is 4.90 Å². The van der Waals surface area contributed by atoms with Crippen LogP contribution >= 0.6 is 11.3 Å². The fourth-order valence-electron chi connectivity index (χ4n) is 8.10. The van der Waals surface area contributed by atoms with Gasteiger partial charge in [-0.1, -0.05) is 129 Å². The predicted molar refractivity (Wildman–Crippen MR) is 212 cm³/mol. The summed E-state index contributed by atoms with van der Waals surface area (Å²) in [6.45, 7) is 4.69. The quantitative estimate of drug-likeness (QED) is 0.184. The van der Waals surface area contributed by atoms with Crippen LogP contribution in [0.3, 0.4) is 0 Å². The molecule has 1 heterocycles. The van der Waals surface area contributed by atoms with Gasteiger partial charge in [0.1, 0.15) is 0 Å². The molecule has 0 amide bonds. The van der Waals surface area contributed by atoms with E-state index in [2.05, 4.69) is 183 Å². The third-order valence-corrected chi connectivity index (χ3v) is 11.9. The molecule has 49 heavy (non-hydrogen) atoms. The van der Waals surface area contributed by atoms with E-state index in [1.54, 1.807) is 0 Å². The van der Waals surface area contributed by atoms with E-state index in [1.165, 1.54) is 75.1 Å². The van der Waals surface area contributed by atoms with E-state index >= 15 is 0 Å². The molecule has 0 radical (unpaired) electrons. The van der Waals surface area contributed by atoms with Gasteiger partial charge in [-0.25, -0.2) is 0 Å². The maximum absolute atomic E-state index is 2.43. The second-order valence-corrected chi connectivity index (χ2v) is 14.8. The second-order valence-electron chi connectivity index (χ2n) is 13.8. The standard InChI is InChI=1S/C47H33NS/c1-47(2)43-14-8-7-13-39(43)41-28-36(22-25-44(41)47)48(35-20-17-31(18-21-35)34-16-15-30-9-3-4-11-33(30)27-34)37-23-26-45-42(29-37)40-24-19-32-10-5-6-12-38(32)46(40)49-45/h3-29H,1-2H3. The van der Waals surface area contributed by atoms with Crippen molar-refractivity contribution >= 4 is 70.1 Å². The molecule has 0 saturated carbocycles. The maximum Gasteiger partial charge on any atom is 0.0468 e. The Morgan fingerprint density at radius 1 is 0.429 bits per heavy atom. The maximum atomic E-state index is 2.43. The zero-order valence-electron chi connectivity index (χ0n) is 27.4. The average molecular weight is 644 g/mol.